The van der Waals surface area contributed by atoms with Crippen LogP contribution >= 0.6 is 23.4 Å². The molecule has 0 bridgehead atoms. The highest BCUT2D eigenvalue weighted by atomic mass is 35.5. The van der Waals surface area contributed by atoms with Gasteiger partial charge in [-0.05, 0) is 26.0 Å². The van der Waals surface area contributed by atoms with E-state index in [1.165, 1.54) is 11.8 Å². The molecule has 106 valence electrons. The number of rotatable bonds is 5. The molecule has 0 aliphatic carbocycles. The van der Waals surface area contributed by atoms with E-state index in [4.69, 9.17) is 21.1 Å². The average Bonchev–Trinajstić information content (AvgIpc) is 2.85. The van der Waals surface area contributed by atoms with Crippen molar-refractivity contribution in [2.45, 2.75) is 24.3 Å². The Kier molecular flexibility index (Phi) is 4.35. The number of aliphatic carboxylic acids is 1. The van der Waals surface area contributed by atoms with Crippen molar-refractivity contribution in [3.63, 3.8) is 0 Å². The number of carboxylic acids is 1. The molecule has 1 aromatic carbocycles. The third-order valence-corrected chi connectivity index (χ3v) is 4.26. The fourth-order valence-electron chi connectivity index (χ4n) is 1.36. The second kappa shape index (κ2) is 5.85. The van der Waals surface area contributed by atoms with Crippen LogP contribution in [0.1, 0.15) is 19.7 Å². The van der Waals surface area contributed by atoms with Crippen LogP contribution in [0.5, 0.6) is 0 Å². The summed E-state index contributed by atoms with van der Waals surface area (Å²) in [5.41, 5.74) is 0.662. The summed E-state index contributed by atoms with van der Waals surface area (Å²) in [6.07, 6.45) is 0. The SMILES string of the molecule is CC(C)(SCc1nnc(-c2ccccc2Cl)o1)C(=O)O. The second-order valence-electron chi connectivity index (χ2n) is 4.58. The van der Waals surface area contributed by atoms with Gasteiger partial charge in [0, 0.05) is 0 Å². The number of hydrogen-bond acceptors (Lipinski definition) is 5. The zero-order chi connectivity index (χ0) is 14.8. The van der Waals surface area contributed by atoms with Crippen molar-refractivity contribution in [2.75, 3.05) is 0 Å². The Morgan fingerprint density at radius 2 is 2.10 bits per heavy atom. The lowest BCUT2D eigenvalue weighted by Crippen LogP contribution is -2.27. The second-order valence-corrected chi connectivity index (χ2v) is 6.59. The Balaban J connectivity index is 2.11. The minimum Gasteiger partial charge on any atom is -0.480 e. The number of carbonyl (C=O) groups is 1. The average molecular weight is 313 g/mol. The third-order valence-electron chi connectivity index (χ3n) is 2.64. The van der Waals surface area contributed by atoms with E-state index in [0.717, 1.165) is 0 Å². The summed E-state index contributed by atoms with van der Waals surface area (Å²) in [6, 6.07) is 7.17. The van der Waals surface area contributed by atoms with Gasteiger partial charge in [-0.1, -0.05) is 23.7 Å². The van der Waals surface area contributed by atoms with Crippen molar-refractivity contribution in [1.82, 2.24) is 10.2 Å². The Morgan fingerprint density at radius 1 is 1.40 bits per heavy atom. The van der Waals surface area contributed by atoms with Crippen LogP contribution in [0.2, 0.25) is 5.02 Å². The van der Waals surface area contributed by atoms with Gasteiger partial charge in [0.25, 0.3) is 0 Å². The molecular weight excluding hydrogens is 300 g/mol. The first-order valence-electron chi connectivity index (χ1n) is 5.85. The Morgan fingerprint density at radius 3 is 2.75 bits per heavy atom. The van der Waals surface area contributed by atoms with E-state index in [1.54, 1.807) is 26.0 Å². The number of thioether (sulfide) groups is 1. The quantitative estimate of drug-likeness (QED) is 0.910. The van der Waals surface area contributed by atoms with Gasteiger partial charge in [-0.25, -0.2) is 0 Å². The molecule has 0 atom stereocenters. The zero-order valence-corrected chi connectivity index (χ0v) is 12.5. The Hall–Kier alpha value is -1.53. The molecule has 0 saturated carbocycles. The number of halogens is 1. The number of hydrogen-bond donors (Lipinski definition) is 1. The first kappa shape index (κ1) is 14.9. The fourth-order valence-corrected chi connectivity index (χ4v) is 2.30. The molecule has 1 heterocycles. The standard InChI is InChI=1S/C13H13ClN2O3S/c1-13(2,12(17)18)20-7-10-15-16-11(19-10)8-5-3-4-6-9(8)14/h3-6H,7H2,1-2H3,(H,17,18). The first-order valence-corrected chi connectivity index (χ1v) is 7.21. The molecule has 2 aromatic rings. The summed E-state index contributed by atoms with van der Waals surface area (Å²) in [6.45, 7) is 3.26. The van der Waals surface area contributed by atoms with Gasteiger partial charge in [-0.15, -0.1) is 22.0 Å². The molecule has 0 aliphatic heterocycles. The Bertz CT molecular complexity index is 628. The highest BCUT2D eigenvalue weighted by Gasteiger charge is 2.28. The van der Waals surface area contributed by atoms with Gasteiger partial charge in [0.1, 0.15) is 4.75 Å². The predicted molar refractivity (Wildman–Crippen MR) is 77.8 cm³/mol. The van der Waals surface area contributed by atoms with E-state index < -0.39 is 10.7 Å². The van der Waals surface area contributed by atoms with Crippen LogP contribution in [0.4, 0.5) is 0 Å². The van der Waals surface area contributed by atoms with Crippen LogP contribution in [0.25, 0.3) is 11.5 Å². The van der Waals surface area contributed by atoms with Crippen LogP contribution in [0.15, 0.2) is 28.7 Å². The molecule has 1 N–H and O–H groups in total. The molecule has 0 aliphatic rings. The van der Waals surface area contributed by atoms with Crippen LogP contribution in [0, 0.1) is 0 Å². The van der Waals surface area contributed by atoms with Gasteiger partial charge in [-0.2, -0.15) is 0 Å². The van der Waals surface area contributed by atoms with E-state index in [-0.39, 0.29) is 0 Å². The minimum absolute atomic E-state index is 0.330. The molecule has 0 amide bonds. The normalized spacial score (nSPS) is 11.6. The molecule has 2 rings (SSSR count). The lowest BCUT2D eigenvalue weighted by Gasteiger charge is -2.16. The smallest absolute Gasteiger partial charge is 0.319 e. The minimum atomic E-state index is -0.904. The zero-order valence-electron chi connectivity index (χ0n) is 11.0. The van der Waals surface area contributed by atoms with Crippen molar-refractivity contribution in [2.24, 2.45) is 0 Å². The highest BCUT2D eigenvalue weighted by Crippen LogP contribution is 2.30. The van der Waals surface area contributed by atoms with Gasteiger partial charge in [-0.3, -0.25) is 4.79 Å². The van der Waals surface area contributed by atoms with Gasteiger partial charge in [0.2, 0.25) is 11.8 Å². The molecule has 0 fully saturated rings. The van der Waals surface area contributed by atoms with Gasteiger partial charge in [0.15, 0.2) is 0 Å². The van der Waals surface area contributed by atoms with Crippen LogP contribution in [-0.2, 0) is 10.5 Å². The van der Waals surface area contributed by atoms with E-state index >= 15 is 0 Å². The maximum atomic E-state index is 11.0. The van der Waals surface area contributed by atoms with Crippen molar-refractivity contribution in [3.05, 3.63) is 35.2 Å². The van der Waals surface area contributed by atoms with Gasteiger partial charge >= 0.3 is 5.97 Å². The molecule has 20 heavy (non-hydrogen) atoms. The van der Waals surface area contributed by atoms with E-state index in [1.807, 2.05) is 12.1 Å². The van der Waals surface area contributed by atoms with E-state index in [9.17, 15) is 4.79 Å². The lowest BCUT2D eigenvalue weighted by molar-refractivity contribution is -0.138. The van der Waals surface area contributed by atoms with Gasteiger partial charge in [0.05, 0.1) is 16.3 Å². The maximum absolute atomic E-state index is 11.0. The lowest BCUT2D eigenvalue weighted by atomic mass is 10.2. The summed E-state index contributed by atoms with van der Waals surface area (Å²) >= 11 is 7.27. The maximum Gasteiger partial charge on any atom is 0.319 e. The molecule has 1 aromatic heterocycles. The van der Waals surface area contributed by atoms with Crippen molar-refractivity contribution in [1.29, 1.82) is 0 Å². The summed E-state index contributed by atoms with van der Waals surface area (Å²) in [5, 5.41) is 17.4. The summed E-state index contributed by atoms with van der Waals surface area (Å²) in [7, 11) is 0. The van der Waals surface area contributed by atoms with Crippen LogP contribution < -0.4 is 0 Å². The van der Waals surface area contributed by atoms with Crippen molar-refractivity contribution >= 4 is 29.3 Å². The van der Waals surface area contributed by atoms with Crippen LogP contribution in [0.3, 0.4) is 0 Å². The van der Waals surface area contributed by atoms with Gasteiger partial charge < -0.3 is 9.52 Å². The topological polar surface area (TPSA) is 76.2 Å². The van der Waals surface area contributed by atoms with Crippen LogP contribution in [-0.4, -0.2) is 26.0 Å². The summed E-state index contributed by atoms with van der Waals surface area (Å²) in [5.74, 6) is 0.156. The fraction of sp³-hybridized carbons (Fsp3) is 0.308. The number of nitrogens with zero attached hydrogens (tertiary/aromatic N) is 2. The monoisotopic (exact) mass is 312 g/mol. The number of aromatic nitrogens is 2. The van der Waals surface area contributed by atoms with E-state index in [2.05, 4.69) is 10.2 Å². The molecule has 0 unspecified atom stereocenters. The predicted octanol–water partition coefficient (Wildman–Crippen LogP) is 3.49. The molecule has 0 saturated heterocycles. The molecule has 5 nitrogen and oxygen atoms in total. The number of benzene rings is 1. The first-order chi connectivity index (χ1) is 9.40. The molecule has 0 spiro atoms. The highest BCUT2D eigenvalue weighted by molar-refractivity contribution is 8.00. The van der Waals surface area contributed by atoms with Crippen molar-refractivity contribution in [3.8, 4) is 11.5 Å². The largest absolute Gasteiger partial charge is 0.480 e. The molecule has 0 radical (unpaired) electrons. The third kappa shape index (κ3) is 3.32. The molecule has 7 heteroatoms. The summed E-state index contributed by atoms with van der Waals surface area (Å²) in [4.78, 5) is 11.0. The van der Waals surface area contributed by atoms with Crippen molar-refractivity contribution < 1.29 is 14.3 Å². The summed E-state index contributed by atoms with van der Waals surface area (Å²) < 4.78 is 4.60. The Labute approximate surface area is 125 Å². The van der Waals surface area contributed by atoms with E-state index in [0.29, 0.717) is 28.1 Å². The molecular formula is C13H13ClN2O3S. The number of carboxylic acid groups (broad SMARTS) is 1.